The lowest BCUT2D eigenvalue weighted by Gasteiger charge is -2.16. The molecule has 1 aromatic carbocycles. The number of hydrogen-bond acceptors (Lipinski definition) is 3. The molecule has 2 nitrogen and oxygen atoms in total. The quantitative estimate of drug-likeness (QED) is 0.442. The molecule has 0 atom stereocenters. The van der Waals surface area contributed by atoms with Gasteiger partial charge in [0.2, 0.25) is 0 Å². The first kappa shape index (κ1) is 7.74. The van der Waals surface area contributed by atoms with Gasteiger partial charge in [-0.1, -0.05) is 30.3 Å². The molecule has 14 heavy (non-hydrogen) atoms. The van der Waals surface area contributed by atoms with Gasteiger partial charge in [-0.15, -0.1) is 0 Å². The summed E-state index contributed by atoms with van der Waals surface area (Å²) in [7, 11) is 0. The Morgan fingerprint density at radius 3 is 2.86 bits per heavy atom. The number of likely N-dealkylation sites (N-methyl/N-ethyl adjacent to an activating group) is 1. The fraction of sp³-hybridized carbons (Fsp3) is 0.455. The summed E-state index contributed by atoms with van der Waals surface area (Å²) in [6, 6.07) is 9.54. The van der Waals surface area contributed by atoms with Crippen molar-refractivity contribution in [2.24, 2.45) is 0 Å². The Balaban J connectivity index is 2.58. The van der Waals surface area contributed by atoms with E-state index in [2.05, 4.69) is 12.6 Å². The van der Waals surface area contributed by atoms with Crippen LogP contribution in [0.5, 0.6) is 0 Å². The van der Waals surface area contributed by atoms with Gasteiger partial charge >= 0.3 is 0 Å². The van der Waals surface area contributed by atoms with Gasteiger partial charge in [0, 0.05) is 17.2 Å². The van der Waals surface area contributed by atoms with Gasteiger partial charge in [0.15, 0.2) is 0 Å². The lowest BCUT2D eigenvalue weighted by molar-refractivity contribution is 0.148. The van der Waals surface area contributed by atoms with Crippen molar-refractivity contribution in [3.8, 4) is 0 Å². The van der Waals surface area contributed by atoms with Crippen molar-refractivity contribution in [3.05, 3.63) is 35.9 Å². The van der Waals surface area contributed by atoms with Gasteiger partial charge in [-0.05, 0) is 12.5 Å². The van der Waals surface area contributed by atoms with Crippen molar-refractivity contribution >= 4 is 12.6 Å². The fourth-order valence-corrected chi connectivity index (χ4v) is 1.25. The standard InChI is InChI=1S/C11H17NOS/c1-12(7-8-13-10-14)9-11-5-3-2-4-6-11/h2-6,14H,7-10H2,1H3/i1D3. The smallest absolute Gasteiger partial charge is 0.0893 e. The van der Waals surface area contributed by atoms with Crippen LogP contribution in [-0.2, 0) is 11.3 Å². The third-order valence-corrected chi connectivity index (χ3v) is 2.00. The topological polar surface area (TPSA) is 12.5 Å². The van der Waals surface area contributed by atoms with Gasteiger partial charge < -0.3 is 4.74 Å². The van der Waals surface area contributed by atoms with Gasteiger partial charge in [0.1, 0.15) is 0 Å². The molecule has 0 fully saturated rings. The molecular weight excluding hydrogens is 194 g/mol. The minimum atomic E-state index is -2.10. The third kappa shape index (κ3) is 4.65. The summed E-state index contributed by atoms with van der Waals surface area (Å²) in [5, 5.41) is 0. The highest BCUT2D eigenvalue weighted by atomic mass is 32.1. The molecule has 0 spiro atoms. The summed E-state index contributed by atoms with van der Waals surface area (Å²) in [5.74, 6) is 0.306. The minimum absolute atomic E-state index is 0.306. The molecule has 0 saturated carbocycles. The fourth-order valence-electron chi connectivity index (χ4n) is 1.12. The number of hydrogen-bond donors (Lipinski definition) is 1. The number of rotatable bonds is 6. The molecule has 0 saturated heterocycles. The van der Waals surface area contributed by atoms with E-state index in [1.807, 2.05) is 30.3 Å². The van der Waals surface area contributed by atoms with Gasteiger partial charge in [-0.3, -0.25) is 4.90 Å². The number of nitrogens with zero attached hydrogens (tertiary/aromatic N) is 1. The molecular formula is C11H17NOS. The summed E-state index contributed by atoms with van der Waals surface area (Å²) in [6.07, 6.45) is 0. The Hall–Kier alpha value is -0.510. The maximum Gasteiger partial charge on any atom is 0.0893 e. The normalized spacial score (nSPS) is 14.9. The molecule has 1 aromatic rings. The predicted octanol–water partition coefficient (Wildman–Crippen LogP) is 2.02. The Labute approximate surface area is 95.5 Å². The molecule has 0 N–H and O–H groups in total. The number of benzene rings is 1. The molecule has 0 bridgehead atoms. The van der Waals surface area contributed by atoms with Crippen LogP contribution in [0.25, 0.3) is 0 Å². The van der Waals surface area contributed by atoms with Gasteiger partial charge in [0.05, 0.1) is 12.5 Å². The molecule has 0 aromatic heterocycles. The molecule has 0 unspecified atom stereocenters. The Kier molecular flexibility index (Phi) is 3.80. The van der Waals surface area contributed by atoms with Crippen molar-refractivity contribution in [3.63, 3.8) is 0 Å². The van der Waals surface area contributed by atoms with Crippen molar-refractivity contribution in [1.82, 2.24) is 4.90 Å². The average molecular weight is 214 g/mol. The molecule has 78 valence electrons. The van der Waals surface area contributed by atoms with Gasteiger partial charge in [-0.2, -0.15) is 12.6 Å². The molecule has 0 heterocycles. The number of ether oxygens (including phenoxy) is 1. The molecule has 0 radical (unpaired) electrons. The highest BCUT2D eigenvalue weighted by Gasteiger charge is 1.98. The summed E-state index contributed by atoms with van der Waals surface area (Å²) in [4.78, 5) is 1.42. The van der Waals surface area contributed by atoms with Crippen LogP contribution < -0.4 is 0 Å². The van der Waals surface area contributed by atoms with Gasteiger partial charge in [0.25, 0.3) is 0 Å². The van der Waals surface area contributed by atoms with Crippen molar-refractivity contribution < 1.29 is 8.85 Å². The number of thiol groups is 1. The average Bonchev–Trinajstić information content (AvgIpc) is 2.28. The Bertz CT molecular complexity index is 318. The van der Waals surface area contributed by atoms with Crippen LogP contribution in [-0.4, -0.2) is 31.0 Å². The summed E-state index contributed by atoms with van der Waals surface area (Å²) in [5.41, 5.74) is 0.981. The lowest BCUT2D eigenvalue weighted by atomic mass is 10.2. The van der Waals surface area contributed by atoms with Crippen LogP contribution >= 0.6 is 12.6 Å². The van der Waals surface area contributed by atoms with Crippen molar-refractivity contribution in [1.29, 1.82) is 0 Å². The molecule has 0 aliphatic carbocycles. The third-order valence-electron chi connectivity index (χ3n) is 1.81. The van der Waals surface area contributed by atoms with E-state index in [0.29, 0.717) is 25.6 Å². The molecule has 0 aliphatic heterocycles. The van der Waals surface area contributed by atoms with Crippen LogP contribution in [0.2, 0.25) is 0 Å². The zero-order chi connectivity index (χ0) is 12.7. The monoisotopic (exact) mass is 214 g/mol. The Morgan fingerprint density at radius 2 is 2.21 bits per heavy atom. The first-order valence-corrected chi connectivity index (χ1v) is 5.15. The lowest BCUT2D eigenvalue weighted by Crippen LogP contribution is -2.22. The van der Waals surface area contributed by atoms with E-state index in [1.54, 1.807) is 0 Å². The maximum atomic E-state index is 7.46. The van der Waals surface area contributed by atoms with E-state index < -0.39 is 6.98 Å². The summed E-state index contributed by atoms with van der Waals surface area (Å²) in [6.45, 7) is -0.969. The van der Waals surface area contributed by atoms with Crippen LogP contribution in [0.4, 0.5) is 0 Å². The second kappa shape index (κ2) is 6.87. The van der Waals surface area contributed by atoms with E-state index in [-0.39, 0.29) is 0 Å². The zero-order valence-electron chi connectivity index (χ0n) is 11.0. The van der Waals surface area contributed by atoms with E-state index in [4.69, 9.17) is 8.85 Å². The first-order chi connectivity index (χ1) is 8.04. The van der Waals surface area contributed by atoms with Crippen LogP contribution in [0, 0.1) is 0 Å². The van der Waals surface area contributed by atoms with Crippen LogP contribution in [0.15, 0.2) is 30.3 Å². The summed E-state index contributed by atoms with van der Waals surface area (Å²) >= 11 is 3.91. The maximum absolute atomic E-state index is 7.46. The van der Waals surface area contributed by atoms with Crippen molar-refractivity contribution in [2.45, 2.75) is 6.54 Å². The van der Waals surface area contributed by atoms with E-state index in [0.717, 1.165) is 5.56 Å². The highest BCUT2D eigenvalue weighted by Crippen LogP contribution is 2.01. The van der Waals surface area contributed by atoms with E-state index in [9.17, 15) is 0 Å². The SMILES string of the molecule is [2H]C([2H])([2H])N(CCOCS)Cc1ccccc1. The van der Waals surface area contributed by atoms with E-state index >= 15 is 0 Å². The highest BCUT2D eigenvalue weighted by molar-refractivity contribution is 7.80. The molecule has 0 amide bonds. The van der Waals surface area contributed by atoms with Gasteiger partial charge in [-0.25, -0.2) is 0 Å². The predicted molar refractivity (Wildman–Crippen MR) is 62.6 cm³/mol. The second-order valence-corrected chi connectivity index (χ2v) is 3.20. The van der Waals surface area contributed by atoms with Crippen LogP contribution in [0.1, 0.15) is 9.68 Å². The Morgan fingerprint density at radius 1 is 1.43 bits per heavy atom. The summed E-state index contributed by atoms with van der Waals surface area (Å²) < 4.78 is 27.4. The molecule has 3 heteroatoms. The van der Waals surface area contributed by atoms with E-state index in [1.165, 1.54) is 4.90 Å². The van der Waals surface area contributed by atoms with Crippen LogP contribution in [0.3, 0.4) is 0 Å². The largest absolute Gasteiger partial charge is 0.370 e. The molecule has 0 aliphatic rings. The molecule has 1 rings (SSSR count). The van der Waals surface area contributed by atoms with Crippen molar-refractivity contribution in [2.75, 3.05) is 26.1 Å². The second-order valence-electron chi connectivity index (χ2n) is 2.94. The first-order valence-electron chi connectivity index (χ1n) is 6.01. The minimum Gasteiger partial charge on any atom is -0.370 e. The zero-order valence-corrected chi connectivity index (χ0v) is 8.91.